The van der Waals surface area contributed by atoms with Crippen molar-refractivity contribution in [2.45, 2.75) is 44.2 Å². The highest BCUT2D eigenvalue weighted by molar-refractivity contribution is 5.77. The SMILES string of the molecule is COc1ccc(CCC(=O)N2CCOC[C@@H]2[C@H]2CCC[C@@H]2O)cc1. The van der Waals surface area contributed by atoms with Crippen LogP contribution in [0.5, 0.6) is 5.75 Å². The molecular formula is C19H27NO4. The van der Waals surface area contributed by atoms with E-state index in [4.69, 9.17) is 9.47 Å². The lowest BCUT2D eigenvalue weighted by molar-refractivity contribution is -0.143. The average Bonchev–Trinajstić information content (AvgIpc) is 3.06. The predicted octanol–water partition coefficient (Wildman–Crippen LogP) is 2.02. The summed E-state index contributed by atoms with van der Waals surface area (Å²) in [7, 11) is 1.65. The van der Waals surface area contributed by atoms with E-state index >= 15 is 0 Å². The molecule has 1 N–H and O–H groups in total. The molecule has 3 atom stereocenters. The van der Waals surface area contributed by atoms with E-state index in [9.17, 15) is 9.90 Å². The maximum atomic E-state index is 12.7. The number of ether oxygens (including phenoxy) is 2. The quantitative estimate of drug-likeness (QED) is 0.895. The first-order valence-electron chi connectivity index (χ1n) is 8.87. The molecule has 2 aliphatic rings. The fraction of sp³-hybridized carbons (Fsp3) is 0.632. The third kappa shape index (κ3) is 3.90. The number of morpholine rings is 1. The number of aliphatic hydroxyl groups is 1. The van der Waals surface area contributed by atoms with Crippen LogP contribution in [0.1, 0.15) is 31.2 Å². The van der Waals surface area contributed by atoms with Gasteiger partial charge in [0.1, 0.15) is 5.75 Å². The number of amides is 1. The monoisotopic (exact) mass is 333 g/mol. The minimum Gasteiger partial charge on any atom is -0.497 e. The highest BCUT2D eigenvalue weighted by Gasteiger charge is 2.39. The van der Waals surface area contributed by atoms with Crippen molar-refractivity contribution >= 4 is 5.91 Å². The Morgan fingerprint density at radius 1 is 1.33 bits per heavy atom. The molecule has 2 fully saturated rings. The van der Waals surface area contributed by atoms with E-state index in [2.05, 4.69) is 0 Å². The highest BCUT2D eigenvalue weighted by Crippen LogP contribution is 2.32. The average molecular weight is 333 g/mol. The predicted molar refractivity (Wildman–Crippen MR) is 91.0 cm³/mol. The molecule has 1 amide bonds. The van der Waals surface area contributed by atoms with Gasteiger partial charge in [0, 0.05) is 18.9 Å². The number of carbonyl (C=O) groups excluding carboxylic acids is 1. The van der Waals surface area contributed by atoms with Gasteiger partial charge >= 0.3 is 0 Å². The van der Waals surface area contributed by atoms with Gasteiger partial charge in [-0.2, -0.15) is 0 Å². The van der Waals surface area contributed by atoms with Crippen molar-refractivity contribution < 1.29 is 19.4 Å². The fourth-order valence-corrected chi connectivity index (χ4v) is 3.89. The van der Waals surface area contributed by atoms with Gasteiger partial charge in [0.15, 0.2) is 0 Å². The number of nitrogens with zero attached hydrogens (tertiary/aromatic N) is 1. The molecule has 1 saturated heterocycles. The largest absolute Gasteiger partial charge is 0.497 e. The Kier molecular flexibility index (Phi) is 5.74. The lowest BCUT2D eigenvalue weighted by Gasteiger charge is -2.40. The normalized spacial score (nSPS) is 27.2. The smallest absolute Gasteiger partial charge is 0.223 e. The Balaban J connectivity index is 1.59. The van der Waals surface area contributed by atoms with Gasteiger partial charge in [-0.3, -0.25) is 4.79 Å². The number of rotatable bonds is 5. The van der Waals surface area contributed by atoms with Crippen LogP contribution in [0.15, 0.2) is 24.3 Å². The maximum Gasteiger partial charge on any atom is 0.223 e. The van der Waals surface area contributed by atoms with Crippen molar-refractivity contribution in [3.63, 3.8) is 0 Å². The second-order valence-corrected chi connectivity index (χ2v) is 6.74. The minimum atomic E-state index is -0.298. The minimum absolute atomic E-state index is 0.0274. The first-order valence-corrected chi connectivity index (χ1v) is 8.87. The zero-order valence-corrected chi connectivity index (χ0v) is 14.3. The molecule has 3 rings (SSSR count). The number of aliphatic hydroxyl groups excluding tert-OH is 1. The summed E-state index contributed by atoms with van der Waals surface area (Å²) in [6, 6.07) is 7.88. The molecule has 5 nitrogen and oxygen atoms in total. The van der Waals surface area contributed by atoms with Crippen molar-refractivity contribution in [1.29, 1.82) is 0 Å². The lowest BCUT2D eigenvalue weighted by Crippen LogP contribution is -2.53. The van der Waals surface area contributed by atoms with E-state index in [0.29, 0.717) is 26.2 Å². The molecular weight excluding hydrogens is 306 g/mol. The Bertz CT molecular complexity index is 545. The van der Waals surface area contributed by atoms with E-state index < -0.39 is 0 Å². The lowest BCUT2D eigenvalue weighted by atomic mass is 9.93. The van der Waals surface area contributed by atoms with Crippen LogP contribution in [0.3, 0.4) is 0 Å². The molecule has 1 aromatic carbocycles. The van der Waals surface area contributed by atoms with Crippen molar-refractivity contribution in [2.24, 2.45) is 5.92 Å². The molecule has 1 aromatic rings. The van der Waals surface area contributed by atoms with Crippen LogP contribution in [-0.4, -0.2) is 54.9 Å². The molecule has 1 aliphatic heterocycles. The number of hydrogen-bond acceptors (Lipinski definition) is 4. The summed E-state index contributed by atoms with van der Waals surface area (Å²) in [6.07, 6.45) is 3.78. The highest BCUT2D eigenvalue weighted by atomic mass is 16.5. The summed E-state index contributed by atoms with van der Waals surface area (Å²) in [5.74, 6) is 1.15. The van der Waals surface area contributed by atoms with Crippen molar-refractivity contribution in [3.8, 4) is 5.75 Å². The molecule has 0 bridgehead atoms. The van der Waals surface area contributed by atoms with Crippen LogP contribution >= 0.6 is 0 Å². The summed E-state index contributed by atoms with van der Waals surface area (Å²) in [6.45, 7) is 1.78. The van der Waals surface area contributed by atoms with Crippen molar-refractivity contribution in [2.75, 3.05) is 26.9 Å². The fourth-order valence-electron chi connectivity index (χ4n) is 3.89. The zero-order valence-electron chi connectivity index (χ0n) is 14.3. The third-order valence-electron chi connectivity index (χ3n) is 5.30. The van der Waals surface area contributed by atoms with Gasteiger partial charge in [0.25, 0.3) is 0 Å². The number of hydrogen-bond donors (Lipinski definition) is 1. The molecule has 1 aliphatic carbocycles. The summed E-state index contributed by atoms with van der Waals surface area (Å²) < 4.78 is 10.8. The third-order valence-corrected chi connectivity index (χ3v) is 5.30. The molecule has 0 spiro atoms. The maximum absolute atomic E-state index is 12.7. The molecule has 24 heavy (non-hydrogen) atoms. The number of carbonyl (C=O) groups is 1. The van der Waals surface area contributed by atoms with E-state index in [1.54, 1.807) is 7.11 Å². The standard InChI is InChI=1S/C19H27NO4/c1-23-15-8-5-14(6-9-15)7-10-19(22)20-11-12-24-13-17(20)16-3-2-4-18(16)21/h5-6,8-9,16-18,21H,2-4,7,10-13H2,1H3/t16-,17-,18+/m1/s1. The van der Waals surface area contributed by atoms with Crippen LogP contribution < -0.4 is 4.74 Å². The number of methoxy groups -OCH3 is 1. The molecule has 0 unspecified atom stereocenters. The van der Waals surface area contributed by atoms with Crippen molar-refractivity contribution in [1.82, 2.24) is 4.90 Å². The molecule has 1 heterocycles. The summed E-state index contributed by atoms with van der Waals surface area (Å²) in [5.41, 5.74) is 1.13. The Morgan fingerprint density at radius 3 is 2.79 bits per heavy atom. The van der Waals surface area contributed by atoms with Gasteiger partial charge < -0.3 is 19.5 Å². The Hall–Kier alpha value is -1.59. The number of aryl methyl sites for hydroxylation is 1. The molecule has 1 saturated carbocycles. The molecule has 0 aromatic heterocycles. The van der Waals surface area contributed by atoms with Gasteiger partial charge in [-0.25, -0.2) is 0 Å². The van der Waals surface area contributed by atoms with Crippen LogP contribution in [-0.2, 0) is 16.0 Å². The van der Waals surface area contributed by atoms with Gasteiger partial charge in [-0.1, -0.05) is 18.6 Å². The first kappa shape index (κ1) is 17.2. The zero-order chi connectivity index (χ0) is 16.9. The number of benzene rings is 1. The van der Waals surface area contributed by atoms with E-state index in [-0.39, 0.29) is 24.0 Å². The second-order valence-electron chi connectivity index (χ2n) is 6.74. The van der Waals surface area contributed by atoms with Gasteiger partial charge in [0.2, 0.25) is 5.91 Å². The van der Waals surface area contributed by atoms with Crippen LogP contribution in [0.25, 0.3) is 0 Å². The van der Waals surface area contributed by atoms with Gasteiger partial charge in [-0.05, 0) is 37.0 Å². The summed E-state index contributed by atoms with van der Waals surface area (Å²) in [5, 5.41) is 10.2. The van der Waals surface area contributed by atoms with Gasteiger partial charge in [-0.15, -0.1) is 0 Å². The Labute approximate surface area is 143 Å². The van der Waals surface area contributed by atoms with Crippen LogP contribution in [0, 0.1) is 5.92 Å². The molecule has 0 radical (unpaired) electrons. The molecule has 132 valence electrons. The van der Waals surface area contributed by atoms with E-state index in [1.165, 1.54) is 0 Å². The van der Waals surface area contributed by atoms with Crippen LogP contribution in [0.4, 0.5) is 0 Å². The van der Waals surface area contributed by atoms with Crippen LogP contribution in [0.2, 0.25) is 0 Å². The van der Waals surface area contributed by atoms with E-state index in [0.717, 1.165) is 37.0 Å². The topological polar surface area (TPSA) is 59.0 Å². The Morgan fingerprint density at radius 2 is 2.12 bits per heavy atom. The second kappa shape index (κ2) is 7.99. The van der Waals surface area contributed by atoms with Gasteiger partial charge in [0.05, 0.1) is 32.5 Å². The van der Waals surface area contributed by atoms with Crippen molar-refractivity contribution in [3.05, 3.63) is 29.8 Å². The van der Waals surface area contributed by atoms with E-state index in [1.807, 2.05) is 29.2 Å². The summed E-state index contributed by atoms with van der Waals surface area (Å²) in [4.78, 5) is 14.7. The summed E-state index contributed by atoms with van der Waals surface area (Å²) >= 11 is 0. The first-order chi connectivity index (χ1) is 11.7. The molecule has 5 heteroatoms.